The molecule has 1 saturated carbocycles. The molecule has 0 bridgehead atoms. The first-order chi connectivity index (χ1) is 25.3. The second kappa shape index (κ2) is 15.5. The fourth-order valence-electron chi connectivity index (χ4n) is 6.86. The van der Waals surface area contributed by atoms with Gasteiger partial charge in [0.05, 0.1) is 25.3 Å². The molecular weight excluding hydrogens is 749 g/mol. The van der Waals surface area contributed by atoms with Crippen molar-refractivity contribution in [2.45, 2.75) is 73.8 Å². The molecule has 2 aromatic carbocycles. The number of rotatable bonds is 14. The highest BCUT2D eigenvalue weighted by molar-refractivity contribution is 8.45. The number of ether oxygens (including phenoxy) is 2. The van der Waals surface area contributed by atoms with Crippen LogP contribution in [0.2, 0.25) is 0 Å². The Morgan fingerprint density at radius 1 is 0.981 bits per heavy atom. The third-order valence-corrected chi connectivity index (χ3v) is 10.8. The number of esters is 1. The molecule has 1 N–H and O–H groups in total. The van der Waals surface area contributed by atoms with E-state index in [4.69, 9.17) is 9.47 Å². The van der Waals surface area contributed by atoms with Crippen LogP contribution in [0, 0.1) is 0 Å². The number of carbonyl (C=O) groups excluding carboxylic acids is 3. The second-order valence-corrected chi connectivity index (χ2v) is 15.8. The van der Waals surface area contributed by atoms with Gasteiger partial charge in [0.25, 0.3) is 5.91 Å². The molecule has 3 aromatic rings. The average Bonchev–Trinajstić information content (AvgIpc) is 3.54. The van der Waals surface area contributed by atoms with Crippen molar-refractivity contribution in [3.8, 4) is 0 Å². The van der Waals surface area contributed by atoms with Gasteiger partial charge in [-0.15, -0.1) is 0 Å². The third-order valence-electron chi connectivity index (χ3n) is 9.60. The lowest BCUT2D eigenvalue weighted by Gasteiger charge is -2.42. The van der Waals surface area contributed by atoms with Crippen LogP contribution in [0.4, 0.5) is 33.9 Å². The summed E-state index contributed by atoms with van der Waals surface area (Å²) in [6.07, 6.45) is 0.497. The lowest BCUT2D eigenvalue weighted by molar-refractivity contribution is -0.147. The standard InChI is InChI=1S/C36H41F7N4O6S/c1-52-29-20-31(45(22-29)23-32(49)53-24-25-6-3-2-4-7-25)34(50)47(28-9-11-30(12-10-28)54(39,40,41,42)43)33(26-8-5-17-44-21-26)35(51)46(18-19-48)27-13-15-36(37,38)16-14-27/h2-12,17,21,27,29,31,33,48H,13-16,18-20,22-24H2,1H3. The predicted molar refractivity (Wildman–Crippen MR) is 185 cm³/mol. The largest absolute Gasteiger partial charge is 0.460 e. The summed E-state index contributed by atoms with van der Waals surface area (Å²) in [4.78, 5) is 48.0. The first-order valence-electron chi connectivity index (χ1n) is 17.1. The van der Waals surface area contributed by atoms with Gasteiger partial charge in [0.1, 0.15) is 17.5 Å². The molecule has 10 nitrogen and oxygen atoms in total. The number of halogens is 7. The van der Waals surface area contributed by atoms with Crippen molar-refractivity contribution in [3.05, 3.63) is 90.3 Å². The van der Waals surface area contributed by atoms with Crippen LogP contribution in [0.5, 0.6) is 0 Å². The molecule has 5 rings (SSSR count). The van der Waals surface area contributed by atoms with Crippen LogP contribution < -0.4 is 4.90 Å². The minimum Gasteiger partial charge on any atom is -0.460 e. The molecule has 1 aliphatic carbocycles. The lowest BCUT2D eigenvalue weighted by atomic mass is 9.90. The highest BCUT2D eigenvalue weighted by Crippen LogP contribution is 3.02. The number of methoxy groups -OCH3 is 1. The Morgan fingerprint density at radius 3 is 2.22 bits per heavy atom. The van der Waals surface area contributed by atoms with Crippen LogP contribution in [-0.2, 0) is 30.5 Å². The minimum atomic E-state index is -10.2. The number of alkyl halides is 2. The van der Waals surface area contributed by atoms with Crippen molar-refractivity contribution in [3.63, 3.8) is 0 Å². The van der Waals surface area contributed by atoms with Crippen molar-refractivity contribution in [1.29, 1.82) is 0 Å². The van der Waals surface area contributed by atoms with E-state index in [2.05, 4.69) is 4.98 Å². The summed E-state index contributed by atoms with van der Waals surface area (Å²) >= 11 is 0. The summed E-state index contributed by atoms with van der Waals surface area (Å²) in [5, 5.41) is 9.98. The molecule has 1 saturated heterocycles. The number of pyridine rings is 1. The molecule has 3 atom stereocenters. The van der Waals surface area contributed by atoms with E-state index in [1.54, 1.807) is 30.3 Å². The molecule has 0 spiro atoms. The van der Waals surface area contributed by atoms with Gasteiger partial charge in [0, 0.05) is 62.7 Å². The fourth-order valence-corrected chi connectivity index (χ4v) is 7.51. The zero-order valence-electron chi connectivity index (χ0n) is 29.2. The van der Waals surface area contributed by atoms with Gasteiger partial charge in [-0.25, -0.2) is 8.78 Å². The number of carbonyl (C=O) groups is 3. The number of likely N-dealkylation sites (tertiary alicyclic amines) is 1. The predicted octanol–water partition coefficient (Wildman–Crippen LogP) is 7.04. The summed E-state index contributed by atoms with van der Waals surface area (Å²) in [6.45, 7) is -1.41. The van der Waals surface area contributed by atoms with Crippen LogP contribution in [0.25, 0.3) is 0 Å². The number of anilines is 1. The Bertz CT molecular complexity index is 1770. The maximum absolute atomic E-state index is 14.9. The van der Waals surface area contributed by atoms with Crippen LogP contribution in [0.3, 0.4) is 0 Å². The fraction of sp³-hybridized carbons (Fsp3) is 0.444. The minimum absolute atomic E-state index is 0.0305. The van der Waals surface area contributed by atoms with Crippen LogP contribution in [-0.4, -0.2) is 95.1 Å². The summed E-state index contributed by atoms with van der Waals surface area (Å²) in [6, 6.07) is 9.33. The van der Waals surface area contributed by atoms with Crippen molar-refractivity contribution in [1.82, 2.24) is 14.8 Å². The number of nitrogens with zero attached hydrogens (tertiary/aromatic N) is 4. The van der Waals surface area contributed by atoms with E-state index < -0.39 is 89.0 Å². The van der Waals surface area contributed by atoms with Gasteiger partial charge in [-0.05, 0) is 55.2 Å². The van der Waals surface area contributed by atoms with Gasteiger partial charge in [-0.1, -0.05) is 55.8 Å². The van der Waals surface area contributed by atoms with E-state index in [-0.39, 0.29) is 62.3 Å². The number of aliphatic hydroxyl groups excluding tert-OH is 1. The Labute approximate surface area is 307 Å². The Kier molecular flexibility index (Phi) is 11.7. The van der Waals surface area contributed by atoms with Gasteiger partial charge >= 0.3 is 16.2 Å². The van der Waals surface area contributed by atoms with Crippen molar-refractivity contribution in [2.24, 2.45) is 0 Å². The maximum Gasteiger partial charge on any atom is 0.320 e. The van der Waals surface area contributed by atoms with Crippen LogP contribution in [0.1, 0.15) is 49.3 Å². The van der Waals surface area contributed by atoms with Gasteiger partial charge in [-0.2, -0.15) is 0 Å². The third kappa shape index (κ3) is 10.1. The Morgan fingerprint density at radius 2 is 1.65 bits per heavy atom. The number of aliphatic hydroxyl groups is 1. The molecule has 54 heavy (non-hydrogen) atoms. The van der Waals surface area contributed by atoms with E-state index >= 15 is 0 Å². The van der Waals surface area contributed by atoms with E-state index in [0.29, 0.717) is 17.7 Å². The molecular formula is C36H41F7N4O6S. The van der Waals surface area contributed by atoms with E-state index in [1.807, 2.05) is 0 Å². The first kappa shape index (κ1) is 40.9. The van der Waals surface area contributed by atoms with Crippen molar-refractivity contribution in [2.75, 3.05) is 38.3 Å². The van der Waals surface area contributed by atoms with Crippen LogP contribution in [0.15, 0.2) is 84.0 Å². The lowest BCUT2D eigenvalue weighted by Crippen LogP contribution is -2.54. The Hall–Kier alpha value is -4.26. The summed E-state index contributed by atoms with van der Waals surface area (Å²) in [5.41, 5.74) is 0.356. The number of hydrogen-bond donors (Lipinski definition) is 1. The molecule has 2 amide bonds. The zero-order chi connectivity index (χ0) is 39.4. The van der Waals surface area contributed by atoms with E-state index in [1.165, 1.54) is 36.5 Å². The first-order valence-corrected chi connectivity index (χ1v) is 19.1. The smallest absolute Gasteiger partial charge is 0.320 e. The van der Waals surface area contributed by atoms with Gasteiger partial charge in [-0.3, -0.25) is 29.2 Å². The molecule has 2 heterocycles. The van der Waals surface area contributed by atoms with Gasteiger partial charge < -0.3 is 19.5 Å². The summed E-state index contributed by atoms with van der Waals surface area (Å²) in [7, 11) is -8.80. The SMILES string of the molecule is COC1CC(C(=O)N(c2ccc(S(F)(F)(F)(F)F)cc2)C(C(=O)N(CCO)C2CCC(F)(F)CC2)c2cccnc2)N(CC(=O)OCc2ccccc2)C1. The molecule has 2 fully saturated rings. The van der Waals surface area contributed by atoms with Gasteiger partial charge in [0.2, 0.25) is 11.8 Å². The average molecular weight is 791 g/mol. The van der Waals surface area contributed by atoms with Crippen molar-refractivity contribution < 1.29 is 57.2 Å². The molecule has 18 heteroatoms. The molecule has 1 aromatic heterocycles. The zero-order valence-corrected chi connectivity index (χ0v) is 30.0. The maximum atomic E-state index is 14.9. The Balaban J connectivity index is 1.58. The highest BCUT2D eigenvalue weighted by Gasteiger charge is 2.65. The number of amides is 2. The number of aromatic nitrogens is 1. The highest BCUT2D eigenvalue weighted by atomic mass is 32.5. The topological polar surface area (TPSA) is 113 Å². The van der Waals surface area contributed by atoms with E-state index in [9.17, 15) is 47.7 Å². The normalized spacial score (nSPS) is 21.1. The van der Waals surface area contributed by atoms with Crippen molar-refractivity contribution >= 4 is 33.7 Å². The molecule has 3 unspecified atom stereocenters. The monoisotopic (exact) mass is 790 g/mol. The second-order valence-electron chi connectivity index (χ2n) is 13.4. The summed E-state index contributed by atoms with van der Waals surface area (Å²) in [5.74, 6) is -5.49. The van der Waals surface area contributed by atoms with Crippen LogP contribution >= 0.6 is 10.2 Å². The van der Waals surface area contributed by atoms with E-state index in [0.717, 1.165) is 9.80 Å². The number of benzene rings is 2. The van der Waals surface area contributed by atoms with Gasteiger partial charge in [0.15, 0.2) is 0 Å². The molecule has 1 aliphatic heterocycles. The number of hydrogen-bond acceptors (Lipinski definition) is 8. The quantitative estimate of drug-likeness (QED) is 0.137. The summed E-state index contributed by atoms with van der Waals surface area (Å²) < 4.78 is 108. The molecule has 0 radical (unpaired) electrons. The molecule has 296 valence electrons. The molecule has 2 aliphatic rings.